The van der Waals surface area contributed by atoms with Crippen molar-refractivity contribution in [2.75, 3.05) is 29.7 Å². The maximum atomic E-state index is 13.8. The van der Waals surface area contributed by atoms with Crippen LogP contribution in [0, 0.1) is 23.2 Å². The third-order valence-corrected chi connectivity index (χ3v) is 11.1. The number of rotatable bonds is 5. The van der Waals surface area contributed by atoms with Crippen LogP contribution in [0.15, 0.2) is 24.3 Å². The summed E-state index contributed by atoms with van der Waals surface area (Å²) in [5, 5.41) is 12.9. The number of hydrogen-bond acceptors (Lipinski definition) is 5. The average Bonchev–Trinajstić information content (AvgIpc) is 3.49. The van der Waals surface area contributed by atoms with Crippen LogP contribution < -0.4 is 9.62 Å². The lowest BCUT2D eigenvalue weighted by atomic mass is 9.65. The van der Waals surface area contributed by atoms with Crippen molar-refractivity contribution in [3.8, 4) is 6.07 Å². The monoisotopic (exact) mass is 486 g/mol. The molecular formula is C25H31FN4O3S. The van der Waals surface area contributed by atoms with Gasteiger partial charge in [0.25, 0.3) is 0 Å². The summed E-state index contributed by atoms with van der Waals surface area (Å²) in [5.74, 6) is 1.14. The van der Waals surface area contributed by atoms with E-state index in [1.807, 2.05) is 12.1 Å². The van der Waals surface area contributed by atoms with Crippen LogP contribution in [0.1, 0.15) is 50.5 Å². The molecule has 34 heavy (non-hydrogen) atoms. The Labute approximate surface area is 200 Å². The van der Waals surface area contributed by atoms with Crippen molar-refractivity contribution in [3.63, 3.8) is 0 Å². The molecule has 4 unspecified atom stereocenters. The fraction of sp³-hybridized carbons (Fsp3) is 0.680. The smallest absolute Gasteiger partial charge is 0.237 e. The fourth-order valence-electron chi connectivity index (χ4n) is 7.96. The molecular weight excluding hydrogens is 455 g/mol. The van der Waals surface area contributed by atoms with Crippen molar-refractivity contribution in [1.29, 1.82) is 5.26 Å². The summed E-state index contributed by atoms with van der Waals surface area (Å²) >= 11 is 0. The SMILES string of the molecule is N#C[C@@H]1C[C@@H](F)CN1C(=O)CNC12CC3CC1CC(c1ccc(N4CCCS4(=O)=O)cc1)(C3)C2. The van der Waals surface area contributed by atoms with Gasteiger partial charge in [-0.15, -0.1) is 0 Å². The maximum Gasteiger partial charge on any atom is 0.237 e. The molecule has 9 heteroatoms. The number of amides is 1. The molecule has 6 fully saturated rings. The molecule has 1 N–H and O–H groups in total. The Balaban J connectivity index is 1.18. The van der Waals surface area contributed by atoms with E-state index in [4.69, 9.17) is 0 Å². The van der Waals surface area contributed by atoms with Gasteiger partial charge in [-0.2, -0.15) is 5.26 Å². The molecule has 2 saturated heterocycles. The summed E-state index contributed by atoms with van der Waals surface area (Å²) in [6.45, 7) is 0.710. The predicted octanol–water partition coefficient (Wildman–Crippen LogP) is 2.48. The Bertz CT molecular complexity index is 1150. The lowest BCUT2D eigenvalue weighted by Gasteiger charge is -2.42. The normalized spacial score (nSPS) is 39.6. The highest BCUT2D eigenvalue weighted by molar-refractivity contribution is 7.93. The summed E-state index contributed by atoms with van der Waals surface area (Å²) in [5.41, 5.74) is 1.97. The molecule has 182 valence electrons. The van der Waals surface area contributed by atoms with E-state index in [9.17, 15) is 22.9 Å². The van der Waals surface area contributed by atoms with Crippen molar-refractivity contribution in [3.05, 3.63) is 29.8 Å². The molecule has 4 saturated carbocycles. The van der Waals surface area contributed by atoms with Crippen molar-refractivity contribution >= 4 is 21.6 Å². The van der Waals surface area contributed by atoms with Crippen LogP contribution in [0.2, 0.25) is 0 Å². The van der Waals surface area contributed by atoms with E-state index in [1.165, 1.54) is 21.2 Å². The molecule has 2 aliphatic heterocycles. The molecule has 1 amide bonds. The van der Waals surface area contributed by atoms with E-state index in [2.05, 4.69) is 23.5 Å². The second-order valence-electron chi connectivity index (χ2n) is 11.2. The molecule has 0 radical (unpaired) electrons. The van der Waals surface area contributed by atoms with Gasteiger partial charge in [0.05, 0.1) is 30.6 Å². The molecule has 7 nitrogen and oxygen atoms in total. The number of carbonyl (C=O) groups excluding carboxylic acids is 1. The number of nitrogens with zero attached hydrogens (tertiary/aromatic N) is 3. The third-order valence-electron chi connectivity index (χ3n) is 9.20. The summed E-state index contributed by atoms with van der Waals surface area (Å²) in [4.78, 5) is 14.3. The van der Waals surface area contributed by atoms with Crippen LogP contribution in [-0.4, -0.2) is 62.4 Å². The Morgan fingerprint density at radius 1 is 1.21 bits per heavy atom. The Kier molecular flexibility index (Phi) is 5.02. The topological polar surface area (TPSA) is 93.5 Å². The highest BCUT2D eigenvalue weighted by Crippen LogP contribution is 2.66. The minimum atomic E-state index is -3.19. The first kappa shape index (κ1) is 22.3. The van der Waals surface area contributed by atoms with Gasteiger partial charge in [0.1, 0.15) is 12.2 Å². The summed E-state index contributed by atoms with van der Waals surface area (Å²) in [7, 11) is -3.19. The summed E-state index contributed by atoms with van der Waals surface area (Å²) in [6, 6.07) is 9.52. The molecule has 0 aromatic heterocycles. The van der Waals surface area contributed by atoms with Gasteiger partial charge in [0, 0.05) is 18.5 Å². The lowest BCUT2D eigenvalue weighted by molar-refractivity contribution is -0.130. The molecule has 1 aromatic carbocycles. The van der Waals surface area contributed by atoms with Crippen LogP contribution in [0.4, 0.5) is 10.1 Å². The third kappa shape index (κ3) is 3.36. The van der Waals surface area contributed by atoms with E-state index < -0.39 is 22.2 Å². The zero-order chi connectivity index (χ0) is 23.7. The van der Waals surface area contributed by atoms with Gasteiger partial charge in [0.2, 0.25) is 15.9 Å². The van der Waals surface area contributed by atoms with Gasteiger partial charge in [-0.25, -0.2) is 12.8 Å². The second kappa shape index (κ2) is 7.66. The molecule has 4 aliphatic carbocycles. The highest BCUT2D eigenvalue weighted by atomic mass is 32.2. The first-order valence-electron chi connectivity index (χ1n) is 12.4. The fourth-order valence-corrected chi connectivity index (χ4v) is 9.53. The number of anilines is 1. The number of alkyl halides is 1. The van der Waals surface area contributed by atoms with Gasteiger partial charge >= 0.3 is 0 Å². The van der Waals surface area contributed by atoms with E-state index >= 15 is 0 Å². The maximum absolute atomic E-state index is 13.8. The van der Waals surface area contributed by atoms with Crippen molar-refractivity contribution in [1.82, 2.24) is 10.2 Å². The van der Waals surface area contributed by atoms with E-state index in [0.717, 1.165) is 31.4 Å². The predicted molar refractivity (Wildman–Crippen MR) is 125 cm³/mol. The van der Waals surface area contributed by atoms with Crippen LogP contribution in [0.25, 0.3) is 0 Å². The summed E-state index contributed by atoms with van der Waals surface area (Å²) in [6.07, 6.45) is 5.06. The van der Waals surface area contributed by atoms with Gasteiger partial charge < -0.3 is 10.2 Å². The van der Waals surface area contributed by atoms with E-state index in [1.54, 1.807) is 0 Å². The largest absolute Gasteiger partial charge is 0.323 e. The quantitative estimate of drug-likeness (QED) is 0.690. The van der Waals surface area contributed by atoms with Crippen molar-refractivity contribution in [2.45, 2.75) is 68.1 Å². The van der Waals surface area contributed by atoms with Crippen LogP contribution in [-0.2, 0) is 20.2 Å². The Morgan fingerprint density at radius 2 is 2.00 bits per heavy atom. The van der Waals surface area contributed by atoms with Gasteiger partial charge in [0.15, 0.2) is 0 Å². The number of likely N-dealkylation sites (tertiary alicyclic amines) is 1. The Morgan fingerprint density at radius 3 is 2.71 bits per heavy atom. The first-order valence-corrected chi connectivity index (χ1v) is 14.0. The molecule has 4 bridgehead atoms. The Hall–Kier alpha value is -2.18. The number of carbonyl (C=O) groups is 1. The van der Waals surface area contributed by atoms with Crippen molar-refractivity contribution in [2.24, 2.45) is 11.8 Å². The number of halogens is 1. The molecule has 7 rings (SSSR count). The van der Waals surface area contributed by atoms with Gasteiger partial charge in [-0.05, 0) is 73.5 Å². The number of nitrogens with one attached hydrogen (secondary N) is 1. The standard InChI is InChI=1S/C25H31FN4O3S/c26-20-9-22(13-27)29(15-20)23(31)14-28-25-11-17-8-19(25)12-24(10-17,16-25)18-2-4-21(5-3-18)30-6-1-7-34(30,32)33/h2-5,17,19-20,22,28H,1,6-12,14-16H2/t17?,19?,20-,22+,24?,25?/m1/s1. The van der Waals surface area contributed by atoms with Crippen LogP contribution >= 0.6 is 0 Å². The minimum Gasteiger partial charge on any atom is -0.323 e. The number of nitriles is 1. The highest BCUT2D eigenvalue weighted by Gasteiger charge is 2.64. The van der Waals surface area contributed by atoms with Crippen LogP contribution in [0.5, 0.6) is 0 Å². The molecule has 6 atom stereocenters. The zero-order valence-electron chi connectivity index (χ0n) is 19.2. The number of hydrogen-bond donors (Lipinski definition) is 1. The number of sulfonamides is 1. The molecule has 6 aliphatic rings. The average molecular weight is 487 g/mol. The number of benzene rings is 1. The van der Waals surface area contributed by atoms with Gasteiger partial charge in [-0.3, -0.25) is 9.10 Å². The lowest BCUT2D eigenvalue weighted by Crippen LogP contribution is -2.52. The first-order chi connectivity index (χ1) is 16.2. The zero-order valence-corrected chi connectivity index (χ0v) is 20.1. The second-order valence-corrected chi connectivity index (χ2v) is 13.2. The molecule has 0 spiro atoms. The molecule has 1 aromatic rings. The van der Waals surface area contributed by atoms with Gasteiger partial charge in [-0.1, -0.05) is 12.1 Å². The van der Waals surface area contributed by atoms with E-state index in [-0.39, 0.29) is 42.1 Å². The van der Waals surface area contributed by atoms with Crippen LogP contribution in [0.3, 0.4) is 0 Å². The minimum absolute atomic E-state index is 0.0147. The van der Waals surface area contributed by atoms with Crippen molar-refractivity contribution < 1.29 is 17.6 Å². The molecule has 2 heterocycles. The summed E-state index contributed by atoms with van der Waals surface area (Å²) < 4.78 is 39.9. The van der Waals surface area contributed by atoms with E-state index in [0.29, 0.717) is 24.8 Å².